The molecule has 0 heterocycles. The minimum atomic E-state index is -1.49. The van der Waals surface area contributed by atoms with Gasteiger partial charge in [-0.1, -0.05) is 168 Å². The lowest BCUT2D eigenvalue weighted by Gasteiger charge is -2.31. The lowest BCUT2D eigenvalue weighted by Crippen LogP contribution is -2.37. The Balaban J connectivity index is 1.40. The number of benzene rings is 8. The van der Waals surface area contributed by atoms with Crippen LogP contribution < -0.4 is 25.4 Å². The van der Waals surface area contributed by atoms with Crippen LogP contribution in [0.4, 0.5) is 34.1 Å². The third-order valence-electron chi connectivity index (χ3n) is 12.7. The van der Waals surface area contributed by atoms with Gasteiger partial charge in [0, 0.05) is 33.5 Å². The van der Waals surface area contributed by atoms with Crippen molar-refractivity contribution in [3.05, 3.63) is 150 Å². The quantitative estimate of drug-likeness (QED) is 0.106. The second-order valence-electron chi connectivity index (χ2n) is 21.4. The molecular weight excluding hydrogens is 773 g/mol. The standard InChI is InChI=1S/C55H64N2Si3/c1-37-35-51(56(40-17-15-39(16-18-40)55(3,4)5)41-19-25-44(26-20-41)58(6,7)8)49-33-31-48-38(2)36-52(50-34-32-47(37)53(49)54(48)50)57(42-21-27-45(28-22-42)59(9,10)11)43-23-29-46(30-24-43)60(12,13)14/h15-36H,1-14H3. The van der Waals surface area contributed by atoms with Crippen LogP contribution in [-0.4, -0.2) is 24.2 Å². The summed E-state index contributed by atoms with van der Waals surface area (Å²) in [5.41, 5.74) is 11.1. The molecule has 0 atom stereocenters. The van der Waals surface area contributed by atoms with Gasteiger partial charge in [-0.05, 0) is 118 Å². The second-order valence-corrected chi connectivity index (χ2v) is 36.6. The topological polar surface area (TPSA) is 6.48 Å². The Morgan fingerprint density at radius 1 is 0.350 bits per heavy atom. The van der Waals surface area contributed by atoms with Gasteiger partial charge in [0.2, 0.25) is 0 Å². The fraction of sp³-hybridized carbons (Fsp3) is 0.273. The summed E-state index contributed by atoms with van der Waals surface area (Å²) in [4.78, 5) is 5.01. The molecule has 0 bridgehead atoms. The summed E-state index contributed by atoms with van der Waals surface area (Å²) in [6.07, 6.45) is 0. The van der Waals surface area contributed by atoms with Crippen LogP contribution in [0.2, 0.25) is 58.9 Å². The molecule has 0 amide bonds. The maximum atomic E-state index is 2.51. The highest BCUT2D eigenvalue weighted by Gasteiger charge is 2.26. The normalized spacial score (nSPS) is 12.8. The second kappa shape index (κ2) is 14.9. The fourth-order valence-electron chi connectivity index (χ4n) is 8.97. The van der Waals surface area contributed by atoms with Crippen molar-refractivity contribution in [3.63, 3.8) is 0 Å². The zero-order valence-electron chi connectivity index (χ0n) is 38.6. The molecule has 306 valence electrons. The molecule has 0 aliphatic rings. The van der Waals surface area contributed by atoms with E-state index in [1.54, 1.807) is 0 Å². The third-order valence-corrected chi connectivity index (χ3v) is 18.9. The van der Waals surface area contributed by atoms with Gasteiger partial charge in [0.05, 0.1) is 35.6 Å². The van der Waals surface area contributed by atoms with Gasteiger partial charge in [-0.25, -0.2) is 0 Å². The van der Waals surface area contributed by atoms with E-state index >= 15 is 0 Å². The van der Waals surface area contributed by atoms with Crippen molar-refractivity contribution >= 4 is 106 Å². The van der Waals surface area contributed by atoms with E-state index in [2.05, 4.69) is 237 Å². The summed E-state index contributed by atoms with van der Waals surface area (Å²) in [6.45, 7) is 33.3. The van der Waals surface area contributed by atoms with Crippen LogP contribution in [0.3, 0.4) is 0 Å². The number of aryl methyl sites for hydroxylation is 2. The minimum absolute atomic E-state index is 0.0715. The maximum absolute atomic E-state index is 2.51. The van der Waals surface area contributed by atoms with Crippen molar-refractivity contribution in [2.24, 2.45) is 0 Å². The highest BCUT2D eigenvalue weighted by Crippen LogP contribution is 2.49. The molecular formula is C55H64N2Si3. The van der Waals surface area contributed by atoms with E-state index in [9.17, 15) is 0 Å². The number of hydrogen-bond acceptors (Lipinski definition) is 2. The molecule has 0 aliphatic heterocycles. The Labute approximate surface area is 363 Å². The first-order chi connectivity index (χ1) is 28.1. The highest BCUT2D eigenvalue weighted by molar-refractivity contribution is 6.89. The van der Waals surface area contributed by atoms with Crippen molar-refractivity contribution in [1.82, 2.24) is 0 Å². The van der Waals surface area contributed by atoms with E-state index < -0.39 is 24.2 Å². The van der Waals surface area contributed by atoms with Crippen molar-refractivity contribution in [3.8, 4) is 0 Å². The van der Waals surface area contributed by atoms with Crippen LogP contribution in [0, 0.1) is 13.8 Å². The molecule has 5 heteroatoms. The van der Waals surface area contributed by atoms with Crippen molar-refractivity contribution in [1.29, 1.82) is 0 Å². The molecule has 0 saturated heterocycles. The van der Waals surface area contributed by atoms with Gasteiger partial charge >= 0.3 is 0 Å². The Morgan fingerprint density at radius 2 is 0.617 bits per heavy atom. The van der Waals surface area contributed by atoms with Crippen LogP contribution >= 0.6 is 0 Å². The van der Waals surface area contributed by atoms with E-state index in [1.165, 1.54) is 98.7 Å². The summed E-state index contributed by atoms with van der Waals surface area (Å²) in [6, 6.07) is 52.0. The molecule has 8 aromatic rings. The van der Waals surface area contributed by atoms with Gasteiger partial charge in [-0.15, -0.1) is 0 Å². The van der Waals surface area contributed by atoms with Gasteiger partial charge in [0.1, 0.15) is 0 Å². The molecule has 8 rings (SSSR count). The predicted octanol–water partition coefficient (Wildman–Crippen LogP) is 15.1. The third kappa shape index (κ3) is 7.65. The van der Waals surface area contributed by atoms with Crippen LogP contribution in [0.15, 0.2) is 133 Å². The molecule has 2 nitrogen and oxygen atoms in total. The van der Waals surface area contributed by atoms with Crippen LogP contribution in [0.1, 0.15) is 37.5 Å². The lowest BCUT2D eigenvalue weighted by molar-refractivity contribution is 0.590. The van der Waals surface area contributed by atoms with Gasteiger partial charge in [0.15, 0.2) is 0 Å². The van der Waals surface area contributed by atoms with Crippen molar-refractivity contribution < 1.29 is 0 Å². The van der Waals surface area contributed by atoms with Crippen LogP contribution in [0.5, 0.6) is 0 Å². The molecule has 8 aromatic carbocycles. The monoisotopic (exact) mass is 836 g/mol. The molecule has 0 unspecified atom stereocenters. The highest BCUT2D eigenvalue weighted by atomic mass is 28.3. The van der Waals surface area contributed by atoms with Gasteiger partial charge in [-0.3, -0.25) is 0 Å². The van der Waals surface area contributed by atoms with Crippen molar-refractivity contribution in [2.45, 2.75) is 99.0 Å². The van der Waals surface area contributed by atoms with Gasteiger partial charge < -0.3 is 9.80 Å². The Bertz CT molecular complexity index is 2520. The molecule has 0 radical (unpaired) electrons. The summed E-state index contributed by atoms with van der Waals surface area (Å²) < 4.78 is 0. The summed E-state index contributed by atoms with van der Waals surface area (Å²) in [7, 11) is -4.45. The first kappa shape index (κ1) is 41.8. The van der Waals surface area contributed by atoms with Crippen molar-refractivity contribution in [2.75, 3.05) is 9.80 Å². The Kier molecular flexibility index (Phi) is 10.4. The SMILES string of the molecule is Cc1cc(N(c2ccc(C(C)(C)C)cc2)c2ccc([Si](C)(C)C)cc2)c2ccc3c(C)cc(N(c4ccc([Si](C)(C)C)cc4)c4ccc([Si](C)(C)C)cc4)c4ccc1c2c34. The first-order valence-corrected chi connectivity index (χ1v) is 32.4. The van der Waals surface area contributed by atoms with Crippen LogP contribution in [-0.2, 0) is 5.41 Å². The van der Waals surface area contributed by atoms with E-state index in [-0.39, 0.29) is 5.41 Å². The molecule has 0 aliphatic carbocycles. The predicted molar refractivity (Wildman–Crippen MR) is 277 cm³/mol. The summed E-state index contributed by atoms with van der Waals surface area (Å²) in [5, 5.41) is 12.3. The number of hydrogen-bond donors (Lipinski definition) is 0. The van der Waals surface area contributed by atoms with Gasteiger partial charge in [0.25, 0.3) is 0 Å². The average Bonchev–Trinajstić information content (AvgIpc) is 3.18. The van der Waals surface area contributed by atoms with Gasteiger partial charge in [-0.2, -0.15) is 0 Å². The Morgan fingerprint density at radius 3 is 0.883 bits per heavy atom. The zero-order chi connectivity index (χ0) is 43.1. The zero-order valence-corrected chi connectivity index (χ0v) is 41.6. The molecule has 0 aromatic heterocycles. The van der Waals surface area contributed by atoms with E-state index in [0.29, 0.717) is 0 Å². The number of nitrogens with zero attached hydrogens (tertiary/aromatic N) is 2. The number of rotatable bonds is 9. The minimum Gasteiger partial charge on any atom is -0.310 e. The summed E-state index contributed by atoms with van der Waals surface area (Å²) in [5.74, 6) is 0. The average molecular weight is 837 g/mol. The first-order valence-electron chi connectivity index (χ1n) is 21.9. The van der Waals surface area contributed by atoms with E-state index in [1.807, 2.05) is 0 Å². The largest absolute Gasteiger partial charge is 0.310 e. The van der Waals surface area contributed by atoms with E-state index in [0.717, 1.165) is 0 Å². The van der Waals surface area contributed by atoms with Crippen LogP contribution in [0.25, 0.3) is 32.3 Å². The Hall–Kier alpha value is -4.95. The molecule has 60 heavy (non-hydrogen) atoms. The lowest BCUT2D eigenvalue weighted by atomic mass is 9.87. The number of anilines is 6. The summed E-state index contributed by atoms with van der Waals surface area (Å²) >= 11 is 0. The maximum Gasteiger partial charge on any atom is 0.0775 e. The fourth-order valence-corrected chi connectivity index (χ4v) is 12.5. The molecule has 0 saturated carbocycles. The molecule has 0 spiro atoms. The molecule has 0 fully saturated rings. The molecule has 0 N–H and O–H groups in total. The smallest absolute Gasteiger partial charge is 0.0775 e. The van der Waals surface area contributed by atoms with E-state index in [4.69, 9.17) is 0 Å².